The Hall–Kier alpha value is 3.41. The van der Waals surface area contributed by atoms with Gasteiger partial charge in [0.05, 0.1) is 0 Å². The zero-order chi connectivity index (χ0) is 2.00. The molecule has 0 aromatic carbocycles. The summed E-state index contributed by atoms with van der Waals surface area (Å²) in [6.07, 6.45) is 0. The van der Waals surface area contributed by atoms with E-state index in [0.717, 1.165) is 0 Å². The Labute approximate surface area is 99.5 Å². The van der Waals surface area contributed by atoms with E-state index in [4.69, 9.17) is 0 Å². The van der Waals surface area contributed by atoms with Gasteiger partial charge in [-0.1, -0.05) is 0 Å². The van der Waals surface area contributed by atoms with Crippen LogP contribution < -0.4 is 0 Å². The van der Waals surface area contributed by atoms with E-state index < -0.39 is 0 Å². The number of hydrogen-bond acceptors (Lipinski definition) is 0. The van der Waals surface area contributed by atoms with Crippen LogP contribution in [0.5, 0.6) is 0 Å². The van der Waals surface area contributed by atoms with Gasteiger partial charge in [-0.3, -0.25) is 0 Å². The van der Waals surface area contributed by atoms with E-state index in [2.05, 4.69) is 0 Å². The van der Waals surface area contributed by atoms with Gasteiger partial charge in [0.25, 0.3) is 0 Å². The monoisotopic (exact) mass is 592 g/mol. The maximum atomic E-state index is 1.89. The van der Waals surface area contributed by atoms with Crippen LogP contribution in [0.3, 0.4) is 0 Å². The van der Waals surface area contributed by atoms with Crippen molar-refractivity contribution in [3.63, 3.8) is 0 Å². The number of hydrogen-bond donors (Lipinski definition) is 0. The predicted octanol–water partition coefficient (Wildman–Crippen LogP) is -4.58. The van der Waals surface area contributed by atoms with Crippen LogP contribution in [-0.2, 0) is 0 Å². The molecule has 0 amide bonds. The maximum absolute atomic E-state index is 1.89. The van der Waals surface area contributed by atoms with Gasteiger partial charge >= 0.3 is 102 Å². The molecule has 0 atom stereocenters. The molecule has 0 bridgehead atoms. The summed E-state index contributed by atoms with van der Waals surface area (Å²) in [5.74, 6) is 0. The van der Waals surface area contributed by atoms with Crippen molar-refractivity contribution in [2.24, 2.45) is 0 Å². The molecule has 0 saturated heterocycles. The molecule has 5 heavy (non-hydrogen) atoms. The first-order chi connectivity index (χ1) is 1.00. The molecule has 0 fully saturated rings. The van der Waals surface area contributed by atoms with E-state index in [1.165, 1.54) is 7.79 Å². The Morgan fingerprint density at radius 3 is 1.20 bits per heavy atom. The molecule has 0 aliphatic rings. The molecule has 0 heterocycles. The summed E-state index contributed by atoms with van der Waals surface area (Å²) in [6, 6.07) is 0. The summed E-state index contributed by atoms with van der Waals surface area (Å²) in [5, 5.41) is 0. The molecule has 0 nitrogen and oxygen atoms in total. The van der Waals surface area contributed by atoms with Crippen molar-refractivity contribution >= 4 is 102 Å². The average molecular weight is 589 g/mol. The Morgan fingerprint density at radius 2 is 1.20 bits per heavy atom. The van der Waals surface area contributed by atoms with Crippen LogP contribution in [0, 0.1) is 0 Å². The summed E-state index contributed by atoms with van der Waals surface area (Å²) < 4.78 is 0. The van der Waals surface area contributed by atoms with Gasteiger partial charge in [0.15, 0.2) is 0 Å². The van der Waals surface area contributed by atoms with E-state index in [0.29, 0.717) is 0 Å². The molecule has 0 aliphatic carbocycles. The molecule has 30 valence electrons. The molecule has 0 saturated carbocycles. The third-order valence-electron chi connectivity index (χ3n) is 0. The minimum absolute atomic E-state index is 0. The van der Waals surface area contributed by atoms with Crippen molar-refractivity contribution in [3.05, 3.63) is 0 Å². The van der Waals surface area contributed by atoms with E-state index >= 15 is 0 Å². The second-order valence-corrected chi connectivity index (χ2v) is 0. The van der Waals surface area contributed by atoms with Crippen LogP contribution in [-0.4, -0.2) is 102 Å². The molecule has 0 N–H and O–H groups in total. The second-order valence-electron chi connectivity index (χ2n) is 0. The zero-order valence-corrected chi connectivity index (χ0v) is 18.4. The van der Waals surface area contributed by atoms with E-state index in [1.54, 1.807) is 0 Å². The Bertz CT molecular complexity index is 11.6. The van der Waals surface area contributed by atoms with E-state index in [1.807, 2.05) is 21.5 Å². The van der Waals surface area contributed by atoms with Crippen LogP contribution in [0.15, 0.2) is 0 Å². The van der Waals surface area contributed by atoms with Crippen molar-refractivity contribution in [2.75, 3.05) is 0 Å². The van der Waals surface area contributed by atoms with Gasteiger partial charge in [0.2, 0.25) is 0 Å². The summed E-state index contributed by atoms with van der Waals surface area (Å²) >= 11 is 1.89. The molecule has 0 unspecified atom stereocenters. The first-order valence-electron chi connectivity index (χ1n) is 0.447. The second kappa shape index (κ2) is 26.2. The van der Waals surface area contributed by atoms with Gasteiger partial charge in [-0.15, -0.1) is 0 Å². The summed E-state index contributed by atoms with van der Waals surface area (Å²) in [5.41, 5.74) is 0. The summed E-state index contributed by atoms with van der Waals surface area (Å²) in [4.78, 5) is 0. The molecule has 2 radical (unpaired) electrons. The zero-order valence-electron chi connectivity index (χ0n) is 2.86. The van der Waals surface area contributed by atoms with E-state index in [-0.39, 0.29) is 72.4 Å². The van der Waals surface area contributed by atoms with Crippen molar-refractivity contribution in [2.45, 2.75) is 0 Å². The molecule has 0 aromatic rings. The fourth-order valence-corrected chi connectivity index (χ4v) is 0. The van der Waals surface area contributed by atoms with Crippen molar-refractivity contribution < 1.29 is 0 Å². The fourth-order valence-electron chi connectivity index (χ4n) is 0. The molecular formula is H10BiLiPbSiTe. The van der Waals surface area contributed by atoms with Gasteiger partial charge in [0, 0.05) is 0 Å². The van der Waals surface area contributed by atoms with Crippen molar-refractivity contribution in [1.82, 2.24) is 0 Å². The fraction of sp³-hybridized carbons (Fsp3) is 0. The average Bonchev–Trinajstić information content (AvgIpc) is 1.00. The quantitative estimate of drug-likeness (QED) is 0.250. The third-order valence-corrected chi connectivity index (χ3v) is 0. The molecule has 5 heteroatoms. The third kappa shape index (κ3) is 18.7. The van der Waals surface area contributed by atoms with Gasteiger partial charge in [-0.2, -0.15) is 0 Å². The summed E-state index contributed by atoms with van der Waals surface area (Å²) in [6.45, 7) is 0. The Balaban J connectivity index is -0.00000000167. The van der Waals surface area contributed by atoms with Gasteiger partial charge in [-0.25, -0.2) is 0 Å². The predicted molar refractivity (Wildman–Crippen MR) is 42.7 cm³/mol. The van der Waals surface area contributed by atoms with Crippen LogP contribution >= 0.6 is 0 Å². The van der Waals surface area contributed by atoms with Gasteiger partial charge < -0.3 is 0 Å². The Kier molecular flexibility index (Phi) is 124. The molecule has 0 spiro atoms. The van der Waals surface area contributed by atoms with Crippen molar-refractivity contribution in [3.8, 4) is 0 Å². The SMILES string of the molecule is [BiH3].[LiH].[PbH2].[SiH3][TeH]. The van der Waals surface area contributed by atoms with Gasteiger partial charge in [-0.05, 0) is 0 Å². The van der Waals surface area contributed by atoms with Crippen LogP contribution in [0.4, 0.5) is 0 Å². The molecular weight excluding hydrogens is 579 g/mol. The van der Waals surface area contributed by atoms with Crippen molar-refractivity contribution in [1.29, 1.82) is 0 Å². The first-order valence-corrected chi connectivity index (χ1v) is 9.00. The molecule has 0 rings (SSSR count). The van der Waals surface area contributed by atoms with Crippen LogP contribution in [0.2, 0.25) is 0 Å². The Morgan fingerprint density at radius 1 is 1.20 bits per heavy atom. The topological polar surface area (TPSA) is 0 Å². The van der Waals surface area contributed by atoms with E-state index in [9.17, 15) is 0 Å². The first kappa shape index (κ1) is 23.7. The molecule has 0 aliphatic heterocycles. The van der Waals surface area contributed by atoms with Crippen LogP contribution in [0.1, 0.15) is 0 Å². The minimum atomic E-state index is 0. The molecule has 0 aromatic heterocycles. The summed E-state index contributed by atoms with van der Waals surface area (Å²) in [7, 11) is 1.36. The normalized spacial score (nSPS) is 1.80. The van der Waals surface area contributed by atoms with Crippen LogP contribution in [0.25, 0.3) is 0 Å². The van der Waals surface area contributed by atoms with Gasteiger partial charge in [0.1, 0.15) is 0 Å². The number of rotatable bonds is 0. The standard InChI is InChI=1S/Bi.Li.Pb.H4SiTe.6H/c;;;1-2;;;;;;/h;;;2H,1H3;;;;;;.